The molecule has 0 aliphatic carbocycles. The van der Waals surface area contributed by atoms with Gasteiger partial charge in [0.25, 0.3) is 0 Å². The van der Waals surface area contributed by atoms with E-state index in [4.69, 9.17) is 4.42 Å². The van der Waals surface area contributed by atoms with Crippen molar-refractivity contribution >= 4 is 33.2 Å². The molecule has 1 N–H and O–H groups in total. The minimum Gasteiger partial charge on any atom is -0.461 e. The summed E-state index contributed by atoms with van der Waals surface area (Å²) in [5.41, 5.74) is 0.414. The van der Waals surface area contributed by atoms with Crippen molar-refractivity contribution in [1.82, 2.24) is 14.8 Å². The van der Waals surface area contributed by atoms with Crippen LogP contribution in [0.4, 0.5) is 5.69 Å². The Kier molecular flexibility index (Phi) is 6.00. The molecule has 8 nitrogen and oxygen atoms in total. The van der Waals surface area contributed by atoms with Gasteiger partial charge in [-0.15, -0.1) is 16.8 Å². The van der Waals surface area contributed by atoms with Gasteiger partial charge in [0, 0.05) is 18.5 Å². The molecule has 1 amide bonds. The van der Waals surface area contributed by atoms with Gasteiger partial charge < -0.3 is 9.73 Å². The predicted octanol–water partition coefficient (Wildman–Crippen LogP) is 2.86. The van der Waals surface area contributed by atoms with Crippen molar-refractivity contribution in [3.05, 3.63) is 55.3 Å². The van der Waals surface area contributed by atoms with E-state index in [1.807, 2.05) is 0 Å². The van der Waals surface area contributed by atoms with Gasteiger partial charge in [-0.3, -0.25) is 9.36 Å². The van der Waals surface area contributed by atoms with E-state index >= 15 is 0 Å². The zero-order chi connectivity index (χ0) is 20.1. The lowest BCUT2D eigenvalue weighted by molar-refractivity contribution is -0.113. The van der Waals surface area contributed by atoms with Gasteiger partial charge >= 0.3 is 0 Å². The number of furan rings is 1. The topological polar surface area (TPSA) is 107 Å². The number of sulfone groups is 1. The number of nitrogens with zero attached hydrogens (tertiary/aromatic N) is 3. The summed E-state index contributed by atoms with van der Waals surface area (Å²) in [4.78, 5) is 12.4. The molecule has 28 heavy (non-hydrogen) atoms. The number of amides is 1. The van der Waals surface area contributed by atoms with Crippen molar-refractivity contribution in [2.24, 2.45) is 0 Å². The fourth-order valence-corrected chi connectivity index (χ4v) is 3.82. The lowest BCUT2D eigenvalue weighted by atomic mass is 10.3. The van der Waals surface area contributed by atoms with Crippen LogP contribution in [0.2, 0.25) is 0 Å². The summed E-state index contributed by atoms with van der Waals surface area (Å²) < 4.78 is 30.4. The molecule has 1 aromatic carbocycles. The third kappa shape index (κ3) is 4.70. The highest BCUT2D eigenvalue weighted by molar-refractivity contribution is 7.99. The van der Waals surface area contributed by atoms with E-state index in [0.717, 1.165) is 6.26 Å². The first-order valence-corrected chi connectivity index (χ1v) is 11.1. The number of nitrogens with one attached hydrogen (secondary N) is 1. The Morgan fingerprint density at radius 2 is 2.14 bits per heavy atom. The third-order valence-electron chi connectivity index (χ3n) is 3.65. The summed E-state index contributed by atoms with van der Waals surface area (Å²) in [7, 11) is -3.34. The molecule has 0 aliphatic rings. The molecule has 0 radical (unpaired) electrons. The molecule has 0 atom stereocenters. The summed E-state index contributed by atoms with van der Waals surface area (Å²) in [6.07, 6.45) is 4.37. The summed E-state index contributed by atoms with van der Waals surface area (Å²) in [5.74, 6) is 0.913. The van der Waals surface area contributed by atoms with Crippen LogP contribution >= 0.6 is 11.8 Å². The van der Waals surface area contributed by atoms with Gasteiger partial charge in [0.05, 0.1) is 16.9 Å². The Morgan fingerprint density at radius 1 is 1.32 bits per heavy atom. The van der Waals surface area contributed by atoms with Gasteiger partial charge in [-0.25, -0.2) is 8.42 Å². The molecular formula is C18H18N4O4S2. The first-order valence-electron chi connectivity index (χ1n) is 8.19. The number of carbonyl (C=O) groups is 1. The first-order chi connectivity index (χ1) is 13.4. The number of rotatable bonds is 8. The van der Waals surface area contributed by atoms with Gasteiger partial charge in [0.1, 0.15) is 0 Å². The van der Waals surface area contributed by atoms with E-state index in [0.29, 0.717) is 29.0 Å². The number of allylic oxidation sites excluding steroid dienone is 1. The highest BCUT2D eigenvalue weighted by Gasteiger charge is 2.17. The number of aromatic nitrogens is 3. The summed E-state index contributed by atoms with van der Waals surface area (Å²) in [6.45, 7) is 4.20. The zero-order valence-electron chi connectivity index (χ0n) is 15.0. The number of hydrogen-bond acceptors (Lipinski definition) is 7. The summed E-state index contributed by atoms with van der Waals surface area (Å²) in [5, 5.41) is 11.5. The van der Waals surface area contributed by atoms with Crippen molar-refractivity contribution in [3.63, 3.8) is 0 Å². The minimum absolute atomic E-state index is 0.0799. The molecule has 10 heteroatoms. The van der Waals surface area contributed by atoms with E-state index in [1.54, 1.807) is 41.2 Å². The monoisotopic (exact) mass is 418 g/mol. The number of carbonyl (C=O) groups excluding carboxylic acids is 1. The Morgan fingerprint density at radius 3 is 2.82 bits per heavy atom. The van der Waals surface area contributed by atoms with Crippen LogP contribution in [0.25, 0.3) is 11.6 Å². The first kappa shape index (κ1) is 19.9. The van der Waals surface area contributed by atoms with Crippen molar-refractivity contribution in [3.8, 4) is 11.6 Å². The average Bonchev–Trinajstić information content (AvgIpc) is 3.29. The molecule has 0 aliphatic heterocycles. The van der Waals surface area contributed by atoms with Crippen LogP contribution in [0.5, 0.6) is 0 Å². The quantitative estimate of drug-likeness (QED) is 0.443. The van der Waals surface area contributed by atoms with E-state index in [1.165, 1.54) is 23.9 Å². The summed E-state index contributed by atoms with van der Waals surface area (Å²) in [6, 6.07) is 9.65. The number of anilines is 1. The normalized spacial score (nSPS) is 11.3. The molecule has 3 aromatic rings. The second-order valence-electron chi connectivity index (χ2n) is 5.82. The SMILES string of the molecule is C=CCn1c(SCC(=O)Nc2cccc(S(C)(=O)=O)c2)nnc1-c1ccco1. The van der Waals surface area contributed by atoms with Crippen LogP contribution in [-0.2, 0) is 21.2 Å². The fraction of sp³-hybridized carbons (Fsp3) is 0.167. The second kappa shape index (κ2) is 8.44. The molecule has 0 saturated heterocycles. The highest BCUT2D eigenvalue weighted by atomic mass is 32.2. The molecule has 0 fully saturated rings. The van der Waals surface area contributed by atoms with Crippen molar-refractivity contribution in [2.45, 2.75) is 16.6 Å². The number of hydrogen-bond donors (Lipinski definition) is 1. The Bertz CT molecular complexity index is 1090. The van der Waals surface area contributed by atoms with Crippen LogP contribution in [0, 0.1) is 0 Å². The standard InChI is InChI=1S/C18H18N4O4S2/c1-3-9-22-17(15-8-5-10-26-15)20-21-18(22)27-12-16(23)19-13-6-4-7-14(11-13)28(2,24)25/h3-8,10-11H,1,9,12H2,2H3,(H,19,23). The molecule has 2 heterocycles. The summed E-state index contributed by atoms with van der Waals surface area (Å²) >= 11 is 1.21. The molecule has 0 spiro atoms. The lowest BCUT2D eigenvalue weighted by Gasteiger charge is -2.08. The van der Waals surface area contributed by atoms with Crippen molar-refractivity contribution < 1.29 is 17.6 Å². The van der Waals surface area contributed by atoms with E-state index in [2.05, 4.69) is 22.1 Å². The Balaban J connectivity index is 1.69. The van der Waals surface area contributed by atoms with Crippen molar-refractivity contribution in [2.75, 3.05) is 17.3 Å². The Labute approximate surface area is 166 Å². The van der Waals surface area contributed by atoms with E-state index in [-0.39, 0.29) is 16.6 Å². The molecule has 0 unspecified atom stereocenters. The van der Waals surface area contributed by atoms with Gasteiger partial charge in [0.15, 0.2) is 20.8 Å². The lowest BCUT2D eigenvalue weighted by Crippen LogP contribution is -2.15. The van der Waals surface area contributed by atoms with Crippen LogP contribution in [-0.4, -0.2) is 41.1 Å². The van der Waals surface area contributed by atoms with E-state index in [9.17, 15) is 13.2 Å². The predicted molar refractivity (Wildman–Crippen MR) is 107 cm³/mol. The van der Waals surface area contributed by atoms with Crippen LogP contribution in [0.15, 0.2) is 69.8 Å². The minimum atomic E-state index is -3.34. The molecule has 0 saturated carbocycles. The molecule has 3 rings (SSSR count). The van der Waals surface area contributed by atoms with E-state index < -0.39 is 9.84 Å². The molecule has 0 bridgehead atoms. The number of benzene rings is 1. The highest BCUT2D eigenvalue weighted by Crippen LogP contribution is 2.24. The van der Waals surface area contributed by atoms with Crippen LogP contribution in [0.3, 0.4) is 0 Å². The molecule has 2 aromatic heterocycles. The van der Waals surface area contributed by atoms with Gasteiger partial charge in [-0.1, -0.05) is 23.9 Å². The van der Waals surface area contributed by atoms with Crippen molar-refractivity contribution in [1.29, 1.82) is 0 Å². The maximum Gasteiger partial charge on any atom is 0.234 e. The maximum absolute atomic E-state index is 12.3. The fourth-order valence-electron chi connectivity index (χ4n) is 2.41. The maximum atomic E-state index is 12.3. The zero-order valence-corrected chi connectivity index (χ0v) is 16.7. The van der Waals surface area contributed by atoms with Gasteiger partial charge in [-0.05, 0) is 30.3 Å². The number of thioether (sulfide) groups is 1. The third-order valence-corrected chi connectivity index (χ3v) is 5.73. The smallest absolute Gasteiger partial charge is 0.234 e. The van der Waals surface area contributed by atoms with Gasteiger partial charge in [-0.2, -0.15) is 0 Å². The molecular weight excluding hydrogens is 400 g/mol. The Hall–Kier alpha value is -2.85. The second-order valence-corrected chi connectivity index (χ2v) is 8.78. The van der Waals surface area contributed by atoms with Crippen LogP contribution in [0.1, 0.15) is 0 Å². The average molecular weight is 419 g/mol. The molecule has 146 valence electrons. The van der Waals surface area contributed by atoms with Crippen LogP contribution < -0.4 is 5.32 Å². The largest absolute Gasteiger partial charge is 0.461 e. The van der Waals surface area contributed by atoms with Gasteiger partial charge in [0.2, 0.25) is 11.7 Å².